The number of nitrogens with two attached hydrogens (primary N) is 1. The molecule has 0 spiro atoms. The van der Waals surface area contributed by atoms with Crippen LogP contribution in [0.15, 0.2) is 18.2 Å². The second kappa shape index (κ2) is 6.04. The summed E-state index contributed by atoms with van der Waals surface area (Å²) in [6.45, 7) is 4.05. The van der Waals surface area contributed by atoms with Gasteiger partial charge in [0, 0.05) is 25.3 Å². The van der Waals surface area contributed by atoms with E-state index in [1.807, 2.05) is 4.90 Å². The Kier molecular flexibility index (Phi) is 4.58. The van der Waals surface area contributed by atoms with E-state index in [-0.39, 0.29) is 6.54 Å². The lowest BCUT2D eigenvalue weighted by Crippen LogP contribution is -2.34. The summed E-state index contributed by atoms with van der Waals surface area (Å²) in [5.41, 5.74) is 6.50. The van der Waals surface area contributed by atoms with Crippen LogP contribution in [0, 0.1) is 5.92 Å². The van der Waals surface area contributed by atoms with Gasteiger partial charge in [0.2, 0.25) is 0 Å². The third kappa shape index (κ3) is 3.26. The van der Waals surface area contributed by atoms with Gasteiger partial charge in [0.05, 0.1) is 5.56 Å². The number of benzene rings is 1. The van der Waals surface area contributed by atoms with Gasteiger partial charge in [-0.25, -0.2) is 0 Å². The molecule has 5 heteroatoms. The molecule has 1 aliphatic heterocycles. The number of rotatable bonds is 3. The first kappa shape index (κ1) is 15.2. The minimum atomic E-state index is -4.30. The average molecular weight is 286 g/mol. The maximum absolute atomic E-state index is 12.8. The first-order valence-electron chi connectivity index (χ1n) is 7.10. The molecule has 1 fully saturated rings. The molecule has 1 saturated heterocycles. The van der Waals surface area contributed by atoms with Crippen LogP contribution in [0.2, 0.25) is 0 Å². The van der Waals surface area contributed by atoms with Gasteiger partial charge in [-0.3, -0.25) is 0 Å². The van der Waals surface area contributed by atoms with Crippen molar-refractivity contribution in [2.24, 2.45) is 11.7 Å². The quantitative estimate of drug-likeness (QED) is 0.916. The molecule has 112 valence electrons. The Morgan fingerprint density at radius 2 is 1.90 bits per heavy atom. The van der Waals surface area contributed by atoms with E-state index in [4.69, 9.17) is 5.73 Å². The molecule has 0 atom stereocenters. The number of alkyl halides is 3. The Morgan fingerprint density at radius 3 is 2.40 bits per heavy atom. The van der Waals surface area contributed by atoms with Gasteiger partial charge < -0.3 is 10.6 Å². The smallest absolute Gasteiger partial charge is 0.371 e. The highest BCUT2D eigenvalue weighted by molar-refractivity contribution is 5.56. The van der Waals surface area contributed by atoms with Crippen molar-refractivity contribution in [2.45, 2.75) is 38.9 Å². The van der Waals surface area contributed by atoms with Crippen LogP contribution in [0.1, 0.15) is 37.3 Å². The molecule has 0 radical (unpaired) electrons. The molecule has 0 unspecified atom stereocenters. The standard InChI is InChI=1S/C15H21F3N2/c1-2-11-5-7-20(8-6-11)14-9-13(15(16,17)18)4-3-12(14)10-19/h3-4,9,11H,2,5-8,10,19H2,1H3. The predicted octanol–water partition coefficient (Wildman–Crippen LogP) is 3.79. The van der Waals surface area contributed by atoms with Crippen molar-refractivity contribution in [2.75, 3.05) is 18.0 Å². The average Bonchev–Trinajstić information content (AvgIpc) is 2.45. The van der Waals surface area contributed by atoms with Crippen LogP contribution in [0.3, 0.4) is 0 Å². The third-order valence-corrected chi connectivity index (χ3v) is 4.17. The molecule has 1 aromatic rings. The third-order valence-electron chi connectivity index (χ3n) is 4.17. The zero-order valence-electron chi connectivity index (χ0n) is 11.7. The van der Waals surface area contributed by atoms with Crippen LogP contribution in [-0.2, 0) is 12.7 Å². The van der Waals surface area contributed by atoms with E-state index in [0.29, 0.717) is 11.6 Å². The predicted molar refractivity (Wildman–Crippen MR) is 74.6 cm³/mol. The summed E-state index contributed by atoms with van der Waals surface area (Å²) < 4.78 is 38.5. The zero-order valence-corrected chi connectivity index (χ0v) is 11.7. The molecule has 0 saturated carbocycles. The Hall–Kier alpha value is -1.23. The fourth-order valence-electron chi connectivity index (χ4n) is 2.79. The summed E-state index contributed by atoms with van der Waals surface area (Å²) in [5.74, 6) is 0.693. The van der Waals surface area contributed by atoms with Gasteiger partial charge in [-0.15, -0.1) is 0 Å². The number of nitrogens with zero attached hydrogens (tertiary/aromatic N) is 1. The normalized spacial score (nSPS) is 17.6. The van der Waals surface area contributed by atoms with Crippen LogP contribution in [-0.4, -0.2) is 13.1 Å². The fraction of sp³-hybridized carbons (Fsp3) is 0.600. The lowest BCUT2D eigenvalue weighted by atomic mass is 9.93. The molecule has 1 aromatic carbocycles. The fourth-order valence-corrected chi connectivity index (χ4v) is 2.79. The summed E-state index contributed by atoms with van der Waals surface area (Å²) in [5, 5.41) is 0. The van der Waals surface area contributed by atoms with E-state index in [2.05, 4.69) is 6.92 Å². The van der Waals surface area contributed by atoms with Gasteiger partial charge in [-0.05, 0) is 36.5 Å². The lowest BCUT2D eigenvalue weighted by Gasteiger charge is -2.34. The molecule has 2 rings (SSSR count). The molecular formula is C15H21F3N2. The number of anilines is 1. The first-order chi connectivity index (χ1) is 9.45. The summed E-state index contributed by atoms with van der Waals surface area (Å²) in [4.78, 5) is 2.05. The van der Waals surface area contributed by atoms with Gasteiger partial charge in [-0.2, -0.15) is 13.2 Å². The van der Waals surface area contributed by atoms with Crippen LogP contribution in [0.4, 0.5) is 18.9 Å². The summed E-state index contributed by atoms with van der Waals surface area (Å²) >= 11 is 0. The van der Waals surface area contributed by atoms with Crippen molar-refractivity contribution < 1.29 is 13.2 Å². The molecule has 0 aliphatic carbocycles. The topological polar surface area (TPSA) is 29.3 Å². The number of hydrogen-bond donors (Lipinski definition) is 1. The largest absolute Gasteiger partial charge is 0.416 e. The summed E-state index contributed by atoms with van der Waals surface area (Å²) in [7, 11) is 0. The second-order valence-corrected chi connectivity index (χ2v) is 5.38. The van der Waals surface area contributed by atoms with E-state index in [1.54, 1.807) is 0 Å². The van der Waals surface area contributed by atoms with Crippen LogP contribution in [0.5, 0.6) is 0 Å². The molecule has 2 N–H and O–H groups in total. The molecule has 0 bridgehead atoms. The highest BCUT2D eigenvalue weighted by atomic mass is 19.4. The minimum Gasteiger partial charge on any atom is -0.371 e. The van der Waals surface area contributed by atoms with E-state index in [1.165, 1.54) is 12.1 Å². The van der Waals surface area contributed by atoms with Gasteiger partial charge in [0.15, 0.2) is 0 Å². The lowest BCUT2D eigenvalue weighted by molar-refractivity contribution is -0.137. The van der Waals surface area contributed by atoms with Crippen LogP contribution < -0.4 is 10.6 Å². The Balaban J connectivity index is 2.25. The van der Waals surface area contributed by atoms with Gasteiger partial charge in [0.1, 0.15) is 0 Å². The monoisotopic (exact) mass is 286 g/mol. The first-order valence-corrected chi connectivity index (χ1v) is 7.10. The van der Waals surface area contributed by atoms with Crippen molar-refractivity contribution in [1.82, 2.24) is 0 Å². The van der Waals surface area contributed by atoms with E-state index in [0.717, 1.165) is 44.0 Å². The molecule has 1 aliphatic rings. The molecule has 0 aromatic heterocycles. The van der Waals surface area contributed by atoms with Gasteiger partial charge in [-0.1, -0.05) is 19.4 Å². The van der Waals surface area contributed by atoms with Crippen molar-refractivity contribution in [1.29, 1.82) is 0 Å². The highest BCUT2D eigenvalue weighted by Gasteiger charge is 2.32. The molecule has 0 amide bonds. The maximum Gasteiger partial charge on any atom is 0.416 e. The Morgan fingerprint density at radius 1 is 1.25 bits per heavy atom. The van der Waals surface area contributed by atoms with E-state index in [9.17, 15) is 13.2 Å². The molecule has 1 heterocycles. The highest BCUT2D eigenvalue weighted by Crippen LogP contribution is 2.35. The van der Waals surface area contributed by atoms with Crippen molar-refractivity contribution in [3.05, 3.63) is 29.3 Å². The van der Waals surface area contributed by atoms with Gasteiger partial charge >= 0.3 is 6.18 Å². The Bertz CT molecular complexity index is 449. The van der Waals surface area contributed by atoms with Crippen molar-refractivity contribution >= 4 is 5.69 Å². The van der Waals surface area contributed by atoms with E-state index >= 15 is 0 Å². The molecule has 2 nitrogen and oxygen atoms in total. The maximum atomic E-state index is 12.8. The SMILES string of the molecule is CCC1CCN(c2cc(C(F)(F)F)ccc2CN)CC1. The molecule has 20 heavy (non-hydrogen) atoms. The summed E-state index contributed by atoms with van der Waals surface area (Å²) in [6, 6.07) is 3.86. The van der Waals surface area contributed by atoms with Crippen molar-refractivity contribution in [3.8, 4) is 0 Å². The summed E-state index contributed by atoms with van der Waals surface area (Å²) in [6.07, 6.45) is -1.09. The minimum absolute atomic E-state index is 0.265. The van der Waals surface area contributed by atoms with Gasteiger partial charge in [0.25, 0.3) is 0 Å². The van der Waals surface area contributed by atoms with Crippen LogP contribution >= 0.6 is 0 Å². The Labute approximate surface area is 117 Å². The van der Waals surface area contributed by atoms with Crippen molar-refractivity contribution in [3.63, 3.8) is 0 Å². The number of piperidine rings is 1. The van der Waals surface area contributed by atoms with E-state index < -0.39 is 11.7 Å². The molecular weight excluding hydrogens is 265 g/mol. The zero-order chi connectivity index (χ0) is 14.8. The number of halogens is 3. The number of hydrogen-bond acceptors (Lipinski definition) is 2. The van der Waals surface area contributed by atoms with Crippen LogP contribution in [0.25, 0.3) is 0 Å². The second-order valence-electron chi connectivity index (χ2n) is 5.38.